The smallest absolute Gasteiger partial charge is 0.134 e. The van der Waals surface area contributed by atoms with E-state index < -0.39 is 0 Å². The Balaban J connectivity index is 2.15. The van der Waals surface area contributed by atoms with Crippen LogP contribution in [0.1, 0.15) is 31.6 Å². The Morgan fingerprint density at radius 2 is 2.00 bits per heavy atom. The highest BCUT2D eigenvalue weighted by atomic mass is 16.3. The zero-order valence-electron chi connectivity index (χ0n) is 11.2. The van der Waals surface area contributed by atoms with Gasteiger partial charge in [-0.15, -0.1) is 0 Å². The third-order valence-electron chi connectivity index (χ3n) is 2.96. The van der Waals surface area contributed by atoms with Crippen molar-refractivity contribution in [3.8, 4) is 11.3 Å². The van der Waals surface area contributed by atoms with Crippen LogP contribution in [0.3, 0.4) is 0 Å². The highest BCUT2D eigenvalue weighted by Gasteiger charge is 2.05. The molecule has 0 spiro atoms. The molecule has 96 valence electrons. The lowest BCUT2D eigenvalue weighted by Gasteiger charge is -2.02. The lowest BCUT2D eigenvalue weighted by Crippen LogP contribution is -2.10. The van der Waals surface area contributed by atoms with E-state index in [0.29, 0.717) is 0 Å². The number of aryl methyl sites for hydroxylation is 1. The monoisotopic (exact) mass is 243 g/mol. The normalized spacial score (nSPS) is 10.8. The van der Waals surface area contributed by atoms with Gasteiger partial charge in [-0.1, -0.05) is 38.5 Å². The van der Waals surface area contributed by atoms with Crippen LogP contribution < -0.4 is 5.32 Å². The highest BCUT2D eigenvalue weighted by molar-refractivity contribution is 5.58. The minimum atomic E-state index is 0.797. The molecule has 1 heterocycles. The van der Waals surface area contributed by atoms with Gasteiger partial charge in [0.2, 0.25) is 0 Å². The Kier molecular flexibility index (Phi) is 4.59. The summed E-state index contributed by atoms with van der Waals surface area (Å²) in [4.78, 5) is 0. The van der Waals surface area contributed by atoms with Crippen LogP contribution in [0.25, 0.3) is 11.3 Å². The standard InChI is InChI=1S/C16H21NO/c1-3-6-13-7-5-8-14(11-13)16-10-9-15(18-16)12-17-4-2/h5,7-11,17H,3-4,6,12H2,1-2H3. The van der Waals surface area contributed by atoms with E-state index in [4.69, 9.17) is 4.42 Å². The molecule has 2 nitrogen and oxygen atoms in total. The van der Waals surface area contributed by atoms with Crippen LogP contribution in [-0.2, 0) is 13.0 Å². The molecule has 0 aliphatic heterocycles. The van der Waals surface area contributed by atoms with Crippen LogP contribution in [0.5, 0.6) is 0 Å². The van der Waals surface area contributed by atoms with Gasteiger partial charge in [-0.2, -0.15) is 0 Å². The second kappa shape index (κ2) is 6.41. The van der Waals surface area contributed by atoms with Crippen LogP contribution in [0, 0.1) is 0 Å². The number of furan rings is 1. The number of hydrogen-bond donors (Lipinski definition) is 1. The molecule has 1 aromatic heterocycles. The van der Waals surface area contributed by atoms with Crippen molar-refractivity contribution >= 4 is 0 Å². The van der Waals surface area contributed by atoms with Gasteiger partial charge in [-0.3, -0.25) is 0 Å². The molecule has 0 saturated carbocycles. The number of hydrogen-bond acceptors (Lipinski definition) is 2. The SMILES string of the molecule is CCCc1cccc(-c2ccc(CNCC)o2)c1. The van der Waals surface area contributed by atoms with Gasteiger partial charge in [0.05, 0.1) is 6.54 Å². The number of benzene rings is 1. The summed E-state index contributed by atoms with van der Waals surface area (Å²) in [7, 11) is 0. The fraction of sp³-hybridized carbons (Fsp3) is 0.375. The molecule has 18 heavy (non-hydrogen) atoms. The third-order valence-corrected chi connectivity index (χ3v) is 2.96. The molecule has 0 atom stereocenters. The van der Waals surface area contributed by atoms with Gasteiger partial charge in [0.1, 0.15) is 11.5 Å². The first-order valence-electron chi connectivity index (χ1n) is 6.72. The molecule has 0 bridgehead atoms. The molecular formula is C16H21NO. The van der Waals surface area contributed by atoms with E-state index in [0.717, 1.165) is 31.0 Å². The Morgan fingerprint density at radius 1 is 1.11 bits per heavy atom. The Morgan fingerprint density at radius 3 is 2.78 bits per heavy atom. The second-order valence-corrected chi connectivity index (χ2v) is 4.50. The highest BCUT2D eigenvalue weighted by Crippen LogP contribution is 2.23. The van der Waals surface area contributed by atoms with E-state index in [-0.39, 0.29) is 0 Å². The summed E-state index contributed by atoms with van der Waals surface area (Å²) in [5.74, 6) is 1.95. The van der Waals surface area contributed by atoms with Gasteiger partial charge in [0, 0.05) is 5.56 Å². The molecule has 0 radical (unpaired) electrons. The van der Waals surface area contributed by atoms with Crippen molar-refractivity contribution in [1.82, 2.24) is 5.32 Å². The average molecular weight is 243 g/mol. The predicted octanol–water partition coefficient (Wildman–Crippen LogP) is 4.01. The molecule has 2 aromatic rings. The van der Waals surface area contributed by atoms with Gasteiger partial charge in [0.15, 0.2) is 0 Å². The van der Waals surface area contributed by atoms with Gasteiger partial charge >= 0.3 is 0 Å². The van der Waals surface area contributed by atoms with Crippen LogP contribution >= 0.6 is 0 Å². The van der Waals surface area contributed by atoms with Crippen LogP contribution in [-0.4, -0.2) is 6.54 Å². The quantitative estimate of drug-likeness (QED) is 0.829. The zero-order chi connectivity index (χ0) is 12.8. The van der Waals surface area contributed by atoms with Gasteiger partial charge in [-0.05, 0) is 36.7 Å². The minimum absolute atomic E-state index is 0.797. The van der Waals surface area contributed by atoms with Crippen LogP contribution in [0.4, 0.5) is 0 Å². The van der Waals surface area contributed by atoms with Crippen molar-refractivity contribution < 1.29 is 4.42 Å². The van der Waals surface area contributed by atoms with Crippen molar-refractivity contribution in [2.24, 2.45) is 0 Å². The first-order valence-corrected chi connectivity index (χ1v) is 6.72. The molecule has 0 fully saturated rings. The number of rotatable bonds is 6. The van der Waals surface area contributed by atoms with Crippen molar-refractivity contribution in [3.05, 3.63) is 47.7 Å². The molecule has 0 unspecified atom stereocenters. The lowest BCUT2D eigenvalue weighted by molar-refractivity contribution is 0.498. The first-order chi connectivity index (χ1) is 8.83. The summed E-state index contributed by atoms with van der Waals surface area (Å²) in [6.45, 7) is 6.05. The molecular weight excluding hydrogens is 222 g/mol. The van der Waals surface area contributed by atoms with E-state index in [9.17, 15) is 0 Å². The van der Waals surface area contributed by atoms with Crippen LogP contribution in [0.15, 0.2) is 40.8 Å². The Labute approximate surface area is 109 Å². The lowest BCUT2D eigenvalue weighted by atomic mass is 10.1. The summed E-state index contributed by atoms with van der Waals surface area (Å²) in [6.07, 6.45) is 2.30. The Bertz CT molecular complexity index is 487. The van der Waals surface area contributed by atoms with E-state index in [1.54, 1.807) is 0 Å². The van der Waals surface area contributed by atoms with E-state index in [1.165, 1.54) is 17.5 Å². The van der Waals surface area contributed by atoms with Crippen LogP contribution in [0.2, 0.25) is 0 Å². The molecule has 1 aromatic carbocycles. The predicted molar refractivity (Wildman–Crippen MR) is 75.5 cm³/mol. The van der Waals surface area contributed by atoms with Gasteiger partial charge < -0.3 is 9.73 Å². The van der Waals surface area contributed by atoms with E-state index >= 15 is 0 Å². The van der Waals surface area contributed by atoms with Crippen molar-refractivity contribution in [3.63, 3.8) is 0 Å². The van der Waals surface area contributed by atoms with E-state index in [1.807, 2.05) is 6.07 Å². The topological polar surface area (TPSA) is 25.2 Å². The first kappa shape index (κ1) is 12.9. The van der Waals surface area contributed by atoms with Crippen molar-refractivity contribution in [1.29, 1.82) is 0 Å². The number of nitrogens with one attached hydrogen (secondary N) is 1. The maximum Gasteiger partial charge on any atom is 0.134 e. The third kappa shape index (κ3) is 3.23. The molecule has 0 aliphatic rings. The molecule has 0 saturated heterocycles. The summed E-state index contributed by atoms with van der Waals surface area (Å²) in [6, 6.07) is 12.7. The maximum absolute atomic E-state index is 5.84. The molecule has 0 amide bonds. The maximum atomic E-state index is 5.84. The largest absolute Gasteiger partial charge is 0.460 e. The fourth-order valence-corrected chi connectivity index (χ4v) is 2.05. The molecule has 1 N–H and O–H groups in total. The molecule has 2 heteroatoms. The van der Waals surface area contributed by atoms with E-state index in [2.05, 4.69) is 49.5 Å². The Hall–Kier alpha value is -1.54. The van der Waals surface area contributed by atoms with Crippen molar-refractivity contribution in [2.75, 3.05) is 6.54 Å². The molecule has 2 rings (SSSR count). The molecule has 0 aliphatic carbocycles. The fourth-order valence-electron chi connectivity index (χ4n) is 2.05. The minimum Gasteiger partial charge on any atom is -0.460 e. The summed E-state index contributed by atoms with van der Waals surface area (Å²) >= 11 is 0. The van der Waals surface area contributed by atoms with Crippen molar-refractivity contribution in [2.45, 2.75) is 33.2 Å². The average Bonchev–Trinajstić information content (AvgIpc) is 2.86. The van der Waals surface area contributed by atoms with Gasteiger partial charge in [0.25, 0.3) is 0 Å². The zero-order valence-corrected chi connectivity index (χ0v) is 11.2. The summed E-state index contributed by atoms with van der Waals surface area (Å²) < 4.78 is 5.84. The second-order valence-electron chi connectivity index (χ2n) is 4.50. The summed E-state index contributed by atoms with van der Waals surface area (Å²) in [5.41, 5.74) is 2.54. The summed E-state index contributed by atoms with van der Waals surface area (Å²) in [5, 5.41) is 3.27. The van der Waals surface area contributed by atoms with Gasteiger partial charge in [-0.25, -0.2) is 0 Å².